The lowest BCUT2D eigenvalue weighted by Crippen LogP contribution is -2.38. The molecule has 0 fully saturated rings. The van der Waals surface area contributed by atoms with Gasteiger partial charge in [-0.1, -0.05) is 6.07 Å². The van der Waals surface area contributed by atoms with E-state index in [4.69, 9.17) is 10.2 Å². The number of aromatic nitrogens is 3. The van der Waals surface area contributed by atoms with Gasteiger partial charge in [0, 0.05) is 31.9 Å². The number of rotatable bonds is 14. The summed E-state index contributed by atoms with van der Waals surface area (Å²) < 4.78 is 25.8. The van der Waals surface area contributed by atoms with Gasteiger partial charge in [0.15, 0.2) is 0 Å². The fourth-order valence-corrected chi connectivity index (χ4v) is 3.15. The van der Waals surface area contributed by atoms with Crippen molar-refractivity contribution < 1.29 is 28.5 Å². The Morgan fingerprint density at radius 2 is 1.81 bits per heavy atom. The van der Waals surface area contributed by atoms with Crippen LogP contribution >= 0.6 is 0 Å². The van der Waals surface area contributed by atoms with E-state index >= 15 is 0 Å². The molecule has 6 N–H and O–H groups in total. The zero-order valence-corrected chi connectivity index (χ0v) is 18.3. The molecule has 0 bridgehead atoms. The van der Waals surface area contributed by atoms with Gasteiger partial charge < -0.3 is 30.9 Å². The third-order valence-electron chi connectivity index (χ3n) is 4.12. The third-order valence-corrected chi connectivity index (χ3v) is 5.52. The minimum atomic E-state index is -3.39. The molecule has 0 amide bonds. The van der Waals surface area contributed by atoms with Crippen LogP contribution in [0.2, 0.25) is 0 Å². The Kier molecular flexibility index (Phi) is 9.52. The summed E-state index contributed by atoms with van der Waals surface area (Å²) in [5, 5.41) is 33.4. The van der Waals surface area contributed by atoms with E-state index < -0.39 is 16.0 Å². The number of anilines is 4. The van der Waals surface area contributed by atoms with Crippen molar-refractivity contribution in [2.24, 2.45) is 0 Å². The van der Waals surface area contributed by atoms with Gasteiger partial charge in [0.1, 0.15) is 0 Å². The quantitative estimate of drug-likeness (QED) is 0.207. The average molecular weight is 470 g/mol. The van der Waals surface area contributed by atoms with Crippen molar-refractivity contribution in [3.63, 3.8) is 0 Å². The Labute approximate surface area is 185 Å². The molecular weight excluding hydrogens is 442 g/mol. The molecule has 2 aromatic rings. The maximum Gasteiger partial charge on any atom is 0.335 e. The number of carboxylic acid groups (broad SMARTS) is 1. The van der Waals surface area contributed by atoms with Gasteiger partial charge in [-0.15, -0.1) is 0 Å². The number of nitrogens with one attached hydrogen (secondary N) is 3. The number of aromatic carboxylic acids is 1. The average Bonchev–Trinajstić information content (AvgIpc) is 2.77. The second-order valence-corrected chi connectivity index (χ2v) is 8.55. The normalized spacial score (nSPS) is 11.2. The molecule has 0 spiro atoms. The predicted octanol–water partition coefficient (Wildman–Crippen LogP) is -0.544. The van der Waals surface area contributed by atoms with Gasteiger partial charge in [0.2, 0.25) is 27.9 Å². The van der Waals surface area contributed by atoms with Crippen molar-refractivity contribution in [3.8, 4) is 0 Å². The highest BCUT2D eigenvalue weighted by molar-refractivity contribution is 7.89. The summed E-state index contributed by atoms with van der Waals surface area (Å²) in [6.07, 6.45) is 0. The van der Waals surface area contributed by atoms with E-state index in [2.05, 4.69) is 30.3 Å². The number of carboxylic acids is 1. The lowest BCUT2D eigenvalue weighted by atomic mass is 10.2. The molecule has 176 valence electrons. The first-order chi connectivity index (χ1) is 15.3. The van der Waals surface area contributed by atoms with Gasteiger partial charge in [0.25, 0.3) is 0 Å². The summed E-state index contributed by atoms with van der Waals surface area (Å²) in [5.74, 6) is -0.758. The molecule has 0 radical (unpaired) electrons. The molecule has 13 nitrogen and oxygen atoms in total. The molecule has 0 atom stereocenters. The van der Waals surface area contributed by atoms with E-state index in [1.165, 1.54) is 19.1 Å². The first-order valence-corrected chi connectivity index (χ1v) is 11.5. The SMILES string of the molecule is CCS(=O)(=O)NCCN(CCO)c1nc(NCCO)nc(Nc2cccc(C(=O)O)c2)n1. The van der Waals surface area contributed by atoms with Crippen molar-refractivity contribution in [1.82, 2.24) is 19.7 Å². The van der Waals surface area contributed by atoms with Crippen LogP contribution < -0.4 is 20.3 Å². The molecule has 2 rings (SSSR count). The Balaban J connectivity index is 2.30. The van der Waals surface area contributed by atoms with Gasteiger partial charge in [0.05, 0.1) is 24.5 Å². The van der Waals surface area contributed by atoms with Crippen molar-refractivity contribution in [3.05, 3.63) is 29.8 Å². The Morgan fingerprint density at radius 3 is 2.47 bits per heavy atom. The Morgan fingerprint density at radius 1 is 1.06 bits per heavy atom. The topological polar surface area (TPSA) is 190 Å². The fraction of sp³-hybridized carbons (Fsp3) is 0.444. The first-order valence-electron chi connectivity index (χ1n) is 9.82. The van der Waals surface area contributed by atoms with Gasteiger partial charge >= 0.3 is 5.97 Å². The third kappa shape index (κ3) is 7.88. The van der Waals surface area contributed by atoms with Gasteiger partial charge in [-0.2, -0.15) is 15.0 Å². The summed E-state index contributed by atoms with van der Waals surface area (Å²) in [5.41, 5.74) is 0.507. The van der Waals surface area contributed by atoms with Gasteiger partial charge in [-0.3, -0.25) is 0 Å². The van der Waals surface area contributed by atoms with Gasteiger partial charge in [-0.05, 0) is 25.1 Å². The monoisotopic (exact) mass is 469 g/mol. The van der Waals surface area contributed by atoms with Gasteiger partial charge in [-0.25, -0.2) is 17.9 Å². The Bertz CT molecular complexity index is 1010. The molecule has 0 aliphatic rings. The lowest BCUT2D eigenvalue weighted by molar-refractivity contribution is 0.0697. The van der Waals surface area contributed by atoms with Crippen molar-refractivity contribution in [2.45, 2.75) is 6.92 Å². The second-order valence-electron chi connectivity index (χ2n) is 6.45. The van der Waals surface area contributed by atoms with E-state index in [0.29, 0.717) is 5.69 Å². The zero-order valence-electron chi connectivity index (χ0n) is 17.5. The summed E-state index contributed by atoms with van der Waals surface area (Å²) in [4.78, 5) is 25.6. The molecule has 1 aromatic carbocycles. The van der Waals surface area contributed by atoms with Crippen molar-refractivity contribution >= 4 is 39.5 Å². The highest BCUT2D eigenvalue weighted by Gasteiger charge is 2.15. The molecule has 0 saturated carbocycles. The number of nitrogens with zero attached hydrogens (tertiary/aromatic N) is 4. The van der Waals surface area contributed by atoms with Crippen LogP contribution in [0.25, 0.3) is 0 Å². The summed E-state index contributed by atoms with van der Waals surface area (Å²) in [6, 6.07) is 6.07. The van der Waals surface area contributed by atoms with Crippen LogP contribution in [-0.4, -0.2) is 89.8 Å². The van der Waals surface area contributed by atoms with Crippen LogP contribution in [0.3, 0.4) is 0 Å². The lowest BCUT2D eigenvalue weighted by Gasteiger charge is -2.22. The van der Waals surface area contributed by atoms with Crippen LogP contribution in [0.4, 0.5) is 23.5 Å². The van der Waals surface area contributed by atoms with E-state index in [0.717, 1.165) is 0 Å². The minimum absolute atomic E-state index is 0.0581. The summed E-state index contributed by atoms with van der Waals surface area (Å²) >= 11 is 0. The maximum absolute atomic E-state index is 11.7. The van der Waals surface area contributed by atoms with Crippen LogP contribution in [0.15, 0.2) is 24.3 Å². The molecule has 0 saturated heterocycles. The highest BCUT2D eigenvalue weighted by atomic mass is 32.2. The van der Waals surface area contributed by atoms with Crippen molar-refractivity contribution in [2.75, 3.05) is 60.7 Å². The smallest absolute Gasteiger partial charge is 0.335 e. The molecule has 32 heavy (non-hydrogen) atoms. The molecule has 0 aliphatic carbocycles. The van der Waals surface area contributed by atoms with E-state index in [-0.39, 0.29) is 68.6 Å². The molecule has 14 heteroatoms. The highest BCUT2D eigenvalue weighted by Crippen LogP contribution is 2.19. The molecular formula is C18H27N7O6S. The second kappa shape index (κ2) is 12.1. The Hall–Kier alpha value is -3.07. The predicted molar refractivity (Wildman–Crippen MR) is 119 cm³/mol. The number of hydrogen-bond donors (Lipinski definition) is 6. The van der Waals surface area contributed by atoms with Crippen LogP contribution in [-0.2, 0) is 10.0 Å². The number of hydrogen-bond acceptors (Lipinski definition) is 11. The van der Waals surface area contributed by atoms with Crippen LogP contribution in [0.5, 0.6) is 0 Å². The number of aliphatic hydroxyl groups is 2. The van der Waals surface area contributed by atoms with E-state index in [9.17, 15) is 18.3 Å². The molecule has 0 unspecified atom stereocenters. The first kappa shape index (κ1) is 25.2. The number of carbonyl (C=O) groups is 1. The van der Waals surface area contributed by atoms with Crippen LogP contribution in [0, 0.1) is 0 Å². The number of sulfonamides is 1. The zero-order chi connectivity index (χ0) is 23.6. The van der Waals surface area contributed by atoms with E-state index in [1.807, 2.05) is 0 Å². The summed E-state index contributed by atoms with van der Waals surface area (Å²) in [6.45, 7) is 1.69. The molecule has 0 aliphatic heterocycles. The fourth-order valence-electron chi connectivity index (χ4n) is 2.54. The van der Waals surface area contributed by atoms with Crippen molar-refractivity contribution in [1.29, 1.82) is 0 Å². The summed E-state index contributed by atoms with van der Waals surface area (Å²) in [7, 11) is -3.39. The number of benzene rings is 1. The standard InChI is InChI=1S/C18H27N7O6S/c1-2-32(30,31)20-6-8-25(9-11-27)18-23-16(19-7-10-26)22-17(24-18)21-14-5-3-4-13(12-14)15(28)29/h3-5,12,20,26-27H,2,6-11H2,1H3,(H,28,29)(H2,19,21,22,23,24). The minimum Gasteiger partial charge on any atom is -0.478 e. The molecule has 1 aromatic heterocycles. The molecule has 1 heterocycles. The number of aliphatic hydroxyl groups excluding tert-OH is 2. The van der Waals surface area contributed by atoms with E-state index in [1.54, 1.807) is 17.0 Å². The largest absolute Gasteiger partial charge is 0.478 e. The van der Waals surface area contributed by atoms with Crippen LogP contribution in [0.1, 0.15) is 17.3 Å². The maximum atomic E-state index is 11.7.